The van der Waals surface area contributed by atoms with Gasteiger partial charge in [0.05, 0.1) is 16.3 Å². The number of aromatic nitrogens is 1. The van der Waals surface area contributed by atoms with Gasteiger partial charge < -0.3 is 9.64 Å². The Morgan fingerprint density at radius 1 is 1.07 bits per heavy atom. The number of hydrogen-bond donors (Lipinski definition) is 0. The molecule has 0 atom stereocenters. The molecule has 156 valence electrons. The number of ether oxygens (including phenoxy) is 1. The summed E-state index contributed by atoms with van der Waals surface area (Å²) in [6.45, 7) is 6.16. The van der Waals surface area contributed by atoms with E-state index >= 15 is 0 Å². The number of fused-ring (bicyclic) bond motifs is 1. The minimum Gasteiger partial charge on any atom is -0.455 e. The molecule has 0 unspecified atom stereocenters. The fourth-order valence-corrected chi connectivity index (χ4v) is 3.90. The maximum Gasteiger partial charge on any atom is 0.316 e. The van der Waals surface area contributed by atoms with E-state index in [1.54, 1.807) is 4.90 Å². The van der Waals surface area contributed by atoms with Gasteiger partial charge >= 0.3 is 5.97 Å². The first-order chi connectivity index (χ1) is 14.4. The van der Waals surface area contributed by atoms with Gasteiger partial charge in [-0.2, -0.15) is 0 Å². The number of esters is 1. The smallest absolute Gasteiger partial charge is 0.316 e. The molecule has 3 rings (SSSR count). The van der Waals surface area contributed by atoms with Crippen LogP contribution in [0.15, 0.2) is 65.7 Å². The molecule has 1 heterocycles. The lowest BCUT2D eigenvalue weighted by Crippen LogP contribution is -2.39. The van der Waals surface area contributed by atoms with Crippen molar-refractivity contribution in [2.45, 2.75) is 38.4 Å². The molecule has 2 aromatic carbocycles. The third-order valence-electron chi connectivity index (χ3n) is 4.73. The second-order valence-corrected chi connectivity index (χ2v) is 8.34. The van der Waals surface area contributed by atoms with Crippen LogP contribution in [0.25, 0.3) is 10.9 Å². The van der Waals surface area contributed by atoms with Crippen molar-refractivity contribution in [1.29, 1.82) is 0 Å². The molecule has 0 N–H and O–H groups in total. The van der Waals surface area contributed by atoms with Crippen molar-refractivity contribution in [2.24, 2.45) is 0 Å². The van der Waals surface area contributed by atoms with Crippen molar-refractivity contribution in [3.8, 4) is 0 Å². The number of aryl methyl sites for hydroxylation is 1. The van der Waals surface area contributed by atoms with E-state index in [-0.39, 0.29) is 24.3 Å². The van der Waals surface area contributed by atoms with Gasteiger partial charge in [0.25, 0.3) is 5.91 Å². The number of benzene rings is 2. The van der Waals surface area contributed by atoms with Crippen molar-refractivity contribution in [2.75, 3.05) is 12.4 Å². The highest BCUT2D eigenvalue weighted by Crippen LogP contribution is 2.23. The van der Waals surface area contributed by atoms with Gasteiger partial charge in [0, 0.05) is 18.0 Å². The molecule has 1 aromatic heterocycles. The summed E-state index contributed by atoms with van der Waals surface area (Å²) in [5.74, 6) is -0.519. The van der Waals surface area contributed by atoms with E-state index in [4.69, 9.17) is 4.74 Å². The van der Waals surface area contributed by atoms with E-state index in [1.807, 2.05) is 81.4 Å². The van der Waals surface area contributed by atoms with Crippen LogP contribution in [0.2, 0.25) is 0 Å². The predicted molar refractivity (Wildman–Crippen MR) is 120 cm³/mol. The van der Waals surface area contributed by atoms with Crippen LogP contribution in [0.4, 0.5) is 0 Å². The average molecular weight is 423 g/mol. The Hall–Kier alpha value is -2.86. The number of pyridine rings is 1. The molecule has 0 saturated heterocycles. The zero-order valence-electron chi connectivity index (χ0n) is 17.5. The molecule has 0 aliphatic rings. The molecule has 0 aliphatic heterocycles. The normalized spacial score (nSPS) is 10.9. The maximum atomic E-state index is 12.6. The molecule has 6 heteroatoms. The van der Waals surface area contributed by atoms with Crippen LogP contribution >= 0.6 is 11.8 Å². The summed E-state index contributed by atoms with van der Waals surface area (Å²) in [5.41, 5.74) is 3.05. The quantitative estimate of drug-likeness (QED) is 0.392. The first-order valence-corrected chi connectivity index (χ1v) is 10.9. The third kappa shape index (κ3) is 5.83. The largest absolute Gasteiger partial charge is 0.455 e. The molecule has 30 heavy (non-hydrogen) atoms. The van der Waals surface area contributed by atoms with Gasteiger partial charge in [-0.15, -0.1) is 0 Å². The van der Waals surface area contributed by atoms with Crippen molar-refractivity contribution in [3.63, 3.8) is 0 Å². The Morgan fingerprint density at radius 2 is 1.77 bits per heavy atom. The zero-order valence-corrected chi connectivity index (χ0v) is 18.3. The van der Waals surface area contributed by atoms with Gasteiger partial charge in [0.15, 0.2) is 6.61 Å². The van der Waals surface area contributed by atoms with Crippen LogP contribution in [0, 0.1) is 6.92 Å². The van der Waals surface area contributed by atoms with E-state index in [2.05, 4.69) is 4.98 Å². The van der Waals surface area contributed by atoms with Crippen LogP contribution in [-0.2, 0) is 20.9 Å². The molecular weight excluding hydrogens is 396 g/mol. The fourth-order valence-electron chi connectivity index (χ4n) is 3.13. The van der Waals surface area contributed by atoms with Crippen molar-refractivity contribution in [1.82, 2.24) is 9.88 Å². The lowest BCUT2D eigenvalue weighted by Gasteiger charge is -2.26. The Morgan fingerprint density at radius 3 is 2.50 bits per heavy atom. The van der Waals surface area contributed by atoms with E-state index in [0.29, 0.717) is 6.54 Å². The number of hydrogen-bond acceptors (Lipinski definition) is 5. The first-order valence-electron chi connectivity index (χ1n) is 9.92. The van der Waals surface area contributed by atoms with Gasteiger partial charge in [-0.3, -0.25) is 9.59 Å². The van der Waals surface area contributed by atoms with Gasteiger partial charge in [-0.05, 0) is 44.0 Å². The minimum absolute atomic E-state index is 0.00978. The number of rotatable bonds is 8. The zero-order chi connectivity index (χ0) is 21.5. The standard InChI is InChI=1S/C24H26N2O3S/c1-17(2)26(14-19-9-5-4-6-10-19)23(27)15-29-24(28)16-30-22-13-18(3)20-11-7-8-12-21(20)25-22/h4-13,17H,14-16H2,1-3H3. The van der Waals surface area contributed by atoms with Crippen LogP contribution in [0.3, 0.4) is 0 Å². The highest BCUT2D eigenvalue weighted by Gasteiger charge is 2.19. The summed E-state index contributed by atoms with van der Waals surface area (Å²) in [6.07, 6.45) is 0. The Labute approximate surface area is 181 Å². The second kappa shape index (κ2) is 10.3. The summed E-state index contributed by atoms with van der Waals surface area (Å²) >= 11 is 1.32. The Bertz CT molecular complexity index is 1020. The van der Waals surface area contributed by atoms with Crippen molar-refractivity contribution in [3.05, 3.63) is 71.8 Å². The predicted octanol–water partition coefficient (Wildman–Crippen LogP) is 4.62. The van der Waals surface area contributed by atoms with Crippen LogP contribution in [-0.4, -0.2) is 40.2 Å². The molecule has 0 fully saturated rings. The highest BCUT2D eigenvalue weighted by atomic mass is 32.2. The molecule has 0 saturated carbocycles. The minimum atomic E-state index is -0.427. The number of carbonyl (C=O) groups is 2. The lowest BCUT2D eigenvalue weighted by molar-refractivity contribution is -0.151. The monoisotopic (exact) mass is 422 g/mol. The van der Waals surface area contributed by atoms with E-state index < -0.39 is 5.97 Å². The van der Waals surface area contributed by atoms with Gasteiger partial charge in [-0.1, -0.05) is 60.3 Å². The van der Waals surface area contributed by atoms with E-state index in [9.17, 15) is 9.59 Å². The highest BCUT2D eigenvalue weighted by molar-refractivity contribution is 7.99. The average Bonchev–Trinajstić information content (AvgIpc) is 2.75. The van der Waals surface area contributed by atoms with Crippen LogP contribution in [0.1, 0.15) is 25.0 Å². The number of thioether (sulfide) groups is 1. The maximum absolute atomic E-state index is 12.6. The van der Waals surface area contributed by atoms with Gasteiger partial charge in [0.1, 0.15) is 0 Å². The SMILES string of the molecule is Cc1cc(SCC(=O)OCC(=O)N(Cc2ccccc2)C(C)C)nc2ccccc12. The number of amides is 1. The third-order valence-corrected chi connectivity index (χ3v) is 5.62. The van der Waals surface area contributed by atoms with Crippen LogP contribution in [0.5, 0.6) is 0 Å². The topological polar surface area (TPSA) is 59.5 Å². The lowest BCUT2D eigenvalue weighted by atomic mass is 10.1. The molecule has 0 radical (unpaired) electrons. The fraction of sp³-hybridized carbons (Fsp3) is 0.292. The number of carbonyl (C=O) groups excluding carboxylic acids is 2. The van der Waals surface area contributed by atoms with Crippen molar-refractivity contribution < 1.29 is 14.3 Å². The number of nitrogens with zero attached hydrogens (tertiary/aromatic N) is 2. The molecule has 1 amide bonds. The Balaban J connectivity index is 1.52. The van der Waals surface area contributed by atoms with E-state index in [1.165, 1.54) is 11.8 Å². The molecule has 0 aliphatic carbocycles. The summed E-state index contributed by atoms with van der Waals surface area (Å²) in [7, 11) is 0. The van der Waals surface area contributed by atoms with Gasteiger partial charge in [0.2, 0.25) is 0 Å². The van der Waals surface area contributed by atoms with Gasteiger partial charge in [-0.25, -0.2) is 4.98 Å². The van der Waals surface area contributed by atoms with Crippen molar-refractivity contribution >= 4 is 34.5 Å². The van der Waals surface area contributed by atoms with Crippen LogP contribution < -0.4 is 0 Å². The summed E-state index contributed by atoms with van der Waals surface area (Å²) in [4.78, 5) is 31.1. The Kier molecular flexibility index (Phi) is 7.46. The summed E-state index contributed by atoms with van der Waals surface area (Å²) in [5, 5.41) is 1.87. The van der Waals surface area contributed by atoms with E-state index in [0.717, 1.165) is 27.1 Å². The second-order valence-electron chi connectivity index (χ2n) is 7.34. The molecule has 0 spiro atoms. The first kappa shape index (κ1) is 21.8. The number of para-hydroxylation sites is 1. The molecule has 3 aromatic rings. The molecular formula is C24H26N2O3S. The molecule has 5 nitrogen and oxygen atoms in total. The summed E-state index contributed by atoms with van der Waals surface area (Å²) < 4.78 is 5.23. The summed E-state index contributed by atoms with van der Waals surface area (Å²) in [6, 6.07) is 19.7. The molecule has 0 bridgehead atoms.